The van der Waals surface area contributed by atoms with E-state index >= 15 is 0 Å². The van der Waals surface area contributed by atoms with Gasteiger partial charge in [-0.3, -0.25) is 0 Å². The normalized spacial score (nSPS) is 19.8. The Morgan fingerprint density at radius 1 is 1.50 bits per heavy atom. The van der Waals surface area contributed by atoms with E-state index in [1.165, 1.54) is 18.5 Å². The van der Waals surface area contributed by atoms with Crippen LogP contribution in [0.5, 0.6) is 0 Å². The van der Waals surface area contributed by atoms with E-state index in [1.807, 2.05) is 18.2 Å². The summed E-state index contributed by atoms with van der Waals surface area (Å²) in [7, 11) is 2.11. The van der Waals surface area contributed by atoms with Gasteiger partial charge in [0.05, 0.1) is 6.61 Å². The molecular formula is C14H21ClN2O. The maximum absolute atomic E-state index is 6.00. The largest absolute Gasteiger partial charge is 0.381 e. The summed E-state index contributed by atoms with van der Waals surface area (Å²) in [5.74, 6) is 0.616. The van der Waals surface area contributed by atoms with Crippen molar-refractivity contribution in [3.05, 3.63) is 28.8 Å². The zero-order valence-electron chi connectivity index (χ0n) is 10.9. The summed E-state index contributed by atoms with van der Waals surface area (Å²) in [6, 6.07) is 5.92. The third kappa shape index (κ3) is 3.37. The van der Waals surface area contributed by atoms with E-state index in [-0.39, 0.29) is 0 Å². The molecule has 1 unspecified atom stereocenters. The van der Waals surface area contributed by atoms with Crippen molar-refractivity contribution in [2.45, 2.75) is 19.4 Å². The van der Waals surface area contributed by atoms with E-state index < -0.39 is 0 Å². The van der Waals surface area contributed by atoms with Crippen LogP contribution < -0.4 is 10.6 Å². The standard InChI is InChI=1S/C14H21ClN2O/c1-17(9-11-3-2-6-18-10-11)14-5-4-13(15)7-12(14)8-16/h4-5,7,11H,2-3,6,8-10,16H2,1H3. The summed E-state index contributed by atoms with van der Waals surface area (Å²) in [6.45, 7) is 3.31. The average molecular weight is 269 g/mol. The van der Waals surface area contributed by atoms with Crippen molar-refractivity contribution in [2.75, 3.05) is 31.7 Å². The molecule has 0 saturated carbocycles. The van der Waals surface area contributed by atoms with Crippen molar-refractivity contribution in [1.29, 1.82) is 0 Å². The lowest BCUT2D eigenvalue weighted by Gasteiger charge is -2.29. The van der Waals surface area contributed by atoms with Crippen LogP contribution in [0.3, 0.4) is 0 Å². The van der Waals surface area contributed by atoms with Gasteiger partial charge in [0.15, 0.2) is 0 Å². The molecule has 1 aliphatic heterocycles. The number of benzene rings is 1. The molecule has 0 aliphatic carbocycles. The quantitative estimate of drug-likeness (QED) is 0.912. The van der Waals surface area contributed by atoms with Crippen molar-refractivity contribution in [3.8, 4) is 0 Å². The van der Waals surface area contributed by atoms with Gasteiger partial charge in [-0.2, -0.15) is 0 Å². The molecule has 1 aromatic rings. The minimum absolute atomic E-state index is 0.515. The Morgan fingerprint density at radius 3 is 3.00 bits per heavy atom. The van der Waals surface area contributed by atoms with Gasteiger partial charge in [-0.15, -0.1) is 0 Å². The Labute approximate surface area is 114 Å². The maximum atomic E-state index is 6.00. The molecule has 0 amide bonds. The van der Waals surface area contributed by atoms with Gasteiger partial charge in [-0.1, -0.05) is 11.6 Å². The van der Waals surface area contributed by atoms with Crippen LogP contribution in [-0.4, -0.2) is 26.8 Å². The lowest BCUT2D eigenvalue weighted by molar-refractivity contribution is 0.0576. The summed E-state index contributed by atoms with van der Waals surface area (Å²) in [5, 5.41) is 0.744. The first-order valence-corrected chi connectivity index (χ1v) is 6.86. The summed E-state index contributed by atoms with van der Waals surface area (Å²) in [4.78, 5) is 2.26. The first-order chi connectivity index (χ1) is 8.70. The van der Waals surface area contributed by atoms with Crippen LogP contribution in [0.1, 0.15) is 18.4 Å². The van der Waals surface area contributed by atoms with Crippen molar-refractivity contribution in [1.82, 2.24) is 0 Å². The molecule has 18 heavy (non-hydrogen) atoms. The summed E-state index contributed by atoms with van der Waals surface area (Å²) in [5.41, 5.74) is 8.05. The van der Waals surface area contributed by atoms with E-state index in [9.17, 15) is 0 Å². The van der Waals surface area contributed by atoms with Gasteiger partial charge in [0.1, 0.15) is 0 Å². The highest BCUT2D eigenvalue weighted by molar-refractivity contribution is 6.30. The molecule has 0 radical (unpaired) electrons. The van der Waals surface area contributed by atoms with E-state index in [2.05, 4.69) is 11.9 Å². The number of rotatable bonds is 4. The molecule has 2 N–H and O–H groups in total. The molecule has 1 aromatic carbocycles. The fraction of sp³-hybridized carbons (Fsp3) is 0.571. The third-order valence-corrected chi connectivity index (χ3v) is 3.69. The predicted octanol–water partition coefficient (Wildman–Crippen LogP) is 2.66. The highest BCUT2D eigenvalue weighted by Gasteiger charge is 2.17. The fourth-order valence-corrected chi connectivity index (χ4v) is 2.72. The topological polar surface area (TPSA) is 38.5 Å². The SMILES string of the molecule is CN(CC1CCCOC1)c1ccc(Cl)cc1CN. The Morgan fingerprint density at radius 2 is 2.33 bits per heavy atom. The minimum atomic E-state index is 0.515. The smallest absolute Gasteiger partial charge is 0.0511 e. The molecule has 100 valence electrons. The van der Waals surface area contributed by atoms with Crippen molar-refractivity contribution < 1.29 is 4.74 Å². The molecule has 1 saturated heterocycles. The predicted molar refractivity (Wildman–Crippen MR) is 76.2 cm³/mol. The molecular weight excluding hydrogens is 248 g/mol. The Hall–Kier alpha value is -0.770. The van der Waals surface area contributed by atoms with Crippen LogP contribution >= 0.6 is 11.6 Å². The number of hydrogen-bond acceptors (Lipinski definition) is 3. The van der Waals surface area contributed by atoms with Crippen LogP contribution in [0.2, 0.25) is 5.02 Å². The summed E-state index contributed by atoms with van der Waals surface area (Å²) in [6.07, 6.45) is 2.42. The first kappa shape index (κ1) is 13.7. The second-order valence-electron chi connectivity index (χ2n) is 4.94. The number of anilines is 1. The third-order valence-electron chi connectivity index (χ3n) is 3.46. The molecule has 1 aliphatic rings. The van der Waals surface area contributed by atoms with Gasteiger partial charge in [0.2, 0.25) is 0 Å². The maximum Gasteiger partial charge on any atom is 0.0511 e. The zero-order valence-corrected chi connectivity index (χ0v) is 11.6. The van der Waals surface area contributed by atoms with Gasteiger partial charge >= 0.3 is 0 Å². The van der Waals surface area contributed by atoms with Crippen LogP contribution in [0.4, 0.5) is 5.69 Å². The van der Waals surface area contributed by atoms with Gasteiger partial charge in [-0.25, -0.2) is 0 Å². The highest BCUT2D eigenvalue weighted by Crippen LogP contribution is 2.25. The number of ether oxygens (including phenoxy) is 1. The molecule has 2 rings (SSSR count). The van der Waals surface area contributed by atoms with Gasteiger partial charge in [0.25, 0.3) is 0 Å². The monoisotopic (exact) mass is 268 g/mol. The fourth-order valence-electron chi connectivity index (χ4n) is 2.53. The second-order valence-corrected chi connectivity index (χ2v) is 5.38. The van der Waals surface area contributed by atoms with E-state index in [0.717, 1.165) is 30.3 Å². The highest BCUT2D eigenvalue weighted by atomic mass is 35.5. The Balaban J connectivity index is 2.05. The molecule has 0 spiro atoms. The van der Waals surface area contributed by atoms with E-state index in [4.69, 9.17) is 22.1 Å². The number of nitrogens with two attached hydrogens (primary N) is 1. The molecule has 3 nitrogen and oxygen atoms in total. The van der Waals surface area contributed by atoms with Gasteiger partial charge in [-0.05, 0) is 42.5 Å². The van der Waals surface area contributed by atoms with Crippen LogP contribution in [-0.2, 0) is 11.3 Å². The summed E-state index contributed by atoms with van der Waals surface area (Å²) < 4.78 is 5.52. The molecule has 4 heteroatoms. The zero-order chi connectivity index (χ0) is 13.0. The number of hydrogen-bond donors (Lipinski definition) is 1. The number of nitrogens with zero attached hydrogens (tertiary/aromatic N) is 1. The Kier molecular flexibility index (Phi) is 4.87. The lowest BCUT2D eigenvalue weighted by atomic mass is 10.0. The number of halogens is 1. The molecule has 1 heterocycles. The average Bonchev–Trinajstić information content (AvgIpc) is 2.39. The van der Waals surface area contributed by atoms with E-state index in [1.54, 1.807) is 0 Å². The summed E-state index contributed by atoms with van der Waals surface area (Å²) >= 11 is 6.00. The van der Waals surface area contributed by atoms with Crippen LogP contribution in [0.25, 0.3) is 0 Å². The van der Waals surface area contributed by atoms with Gasteiger partial charge < -0.3 is 15.4 Å². The molecule has 1 atom stereocenters. The van der Waals surface area contributed by atoms with Crippen molar-refractivity contribution >= 4 is 17.3 Å². The Bertz CT molecular complexity index is 391. The first-order valence-electron chi connectivity index (χ1n) is 6.48. The lowest BCUT2D eigenvalue weighted by Crippen LogP contribution is -2.31. The second kappa shape index (κ2) is 6.41. The molecule has 1 fully saturated rings. The minimum Gasteiger partial charge on any atom is -0.381 e. The van der Waals surface area contributed by atoms with E-state index in [0.29, 0.717) is 12.5 Å². The van der Waals surface area contributed by atoms with Crippen LogP contribution in [0.15, 0.2) is 18.2 Å². The molecule has 0 bridgehead atoms. The van der Waals surface area contributed by atoms with Crippen molar-refractivity contribution in [3.63, 3.8) is 0 Å². The molecule has 0 aromatic heterocycles. The van der Waals surface area contributed by atoms with Crippen molar-refractivity contribution in [2.24, 2.45) is 11.7 Å². The van der Waals surface area contributed by atoms with Gasteiger partial charge in [0, 0.05) is 37.5 Å². The van der Waals surface area contributed by atoms with Crippen LogP contribution in [0, 0.1) is 5.92 Å².